The average molecular weight is 306 g/mol. The lowest BCUT2D eigenvalue weighted by atomic mass is 9.72. The van der Waals surface area contributed by atoms with Crippen molar-refractivity contribution in [2.24, 2.45) is 16.3 Å². The summed E-state index contributed by atoms with van der Waals surface area (Å²) in [4.78, 5) is 28.3. The van der Waals surface area contributed by atoms with Crippen molar-refractivity contribution in [3.05, 3.63) is 34.9 Å². The molecule has 21 heavy (non-hydrogen) atoms. The molecule has 1 aromatic carbocycles. The summed E-state index contributed by atoms with van der Waals surface area (Å²) < 4.78 is 0. The number of rotatable bonds is 4. The highest BCUT2D eigenvalue weighted by atomic mass is 35.5. The minimum absolute atomic E-state index is 0.0113. The summed E-state index contributed by atoms with van der Waals surface area (Å²) in [5.41, 5.74) is 0.890. The van der Waals surface area contributed by atoms with E-state index < -0.39 is 5.92 Å². The number of halogens is 1. The van der Waals surface area contributed by atoms with Gasteiger partial charge in [-0.25, -0.2) is 0 Å². The largest absolute Gasteiger partial charge is 0.298 e. The van der Waals surface area contributed by atoms with Crippen LogP contribution in [0.15, 0.2) is 29.3 Å². The summed E-state index contributed by atoms with van der Waals surface area (Å²) in [5.74, 6) is -0.664. The van der Waals surface area contributed by atoms with Crippen molar-refractivity contribution in [2.45, 2.75) is 33.1 Å². The van der Waals surface area contributed by atoms with Crippen LogP contribution in [0.5, 0.6) is 0 Å². The Morgan fingerprint density at radius 1 is 1.29 bits per heavy atom. The number of nitrogens with zero attached hydrogens (tertiary/aromatic N) is 1. The molecular formula is C17H20ClNO2. The van der Waals surface area contributed by atoms with Gasteiger partial charge < -0.3 is 0 Å². The van der Waals surface area contributed by atoms with Gasteiger partial charge in [0.05, 0.1) is 0 Å². The Labute approximate surface area is 130 Å². The second-order valence-corrected chi connectivity index (χ2v) is 6.80. The van der Waals surface area contributed by atoms with Crippen molar-refractivity contribution in [3.8, 4) is 0 Å². The first-order valence-electron chi connectivity index (χ1n) is 7.17. The van der Waals surface area contributed by atoms with Crippen molar-refractivity contribution in [1.82, 2.24) is 0 Å². The Balaban J connectivity index is 1.90. The molecule has 1 saturated carbocycles. The molecule has 0 heterocycles. The van der Waals surface area contributed by atoms with Crippen LogP contribution in [0.1, 0.15) is 32.3 Å². The first-order chi connectivity index (χ1) is 9.87. The molecule has 0 bridgehead atoms. The van der Waals surface area contributed by atoms with Crippen LogP contribution < -0.4 is 0 Å². The fourth-order valence-electron chi connectivity index (χ4n) is 2.64. The molecule has 0 N–H and O–H groups in total. The van der Waals surface area contributed by atoms with Crippen molar-refractivity contribution >= 4 is 29.4 Å². The van der Waals surface area contributed by atoms with Crippen LogP contribution in [0.25, 0.3) is 0 Å². The summed E-state index contributed by atoms with van der Waals surface area (Å²) in [6, 6.07) is 7.62. The normalized spacial score (nSPS) is 19.4. The summed E-state index contributed by atoms with van der Waals surface area (Å²) in [6.45, 7) is 4.46. The monoisotopic (exact) mass is 305 g/mol. The molecule has 112 valence electrons. The van der Waals surface area contributed by atoms with Gasteiger partial charge in [0.1, 0.15) is 17.5 Å². The lowest BCUT2D eigenvalue weighted by Gasteiger charge is -2.30. The first-order valence-corrected chi connectivity index (χ1v) is 7.55. The molecule has 1 fully saturated rings. The van der Waals surface area contributed by atoms with Crippen LogP contribution in [0.2, 0.25) is 5.02 Å². The molecule has 0 atom stereocenters. The molecular weight excluding hydrogens is 286 g/mol. The maximum atomic E-state index is 12.0. The molecule has 0 unspecified atom stereocenters. The van der Waals surface area contributed by atoms with Crippen LogP contribution in [-0.4, -0.2) is 24.3 Å². The van der Waals surface area contributed by atoms with Crippen LogP contribution in [0.4, 0.5) is 0 Å². The predicted octanol–water partition coefficient (Wildman–Crippen LogP) is 3.53. The van der Waals surface area contributed by atoms with E-state index in [-0.39, 0.29) is 17.0 Å². The minimum atomic E-state index is -0.641. The van der Waals surface area contributed by atoms with Crippen molar-refractivity contribution in [1.29, 1.82) is 0 Å². The van der Waals surface area contributed by atoms with Crippen LogP contribution >= 0.6 is 11.6 Å². The lowest BCUT2D eigenvalue weighted by Crippen LogP contribution is -2.38. The second-order valence-electron chi connectivity index (χ2n) is 6.36. The van der Waals surface area contributed by atoms with Crippen LogP contribution in [0, 0.1) is 11.3 Å². The van der Waals surface area contributed by atoms with E-state index in [1.165, 1.54) is 6.21 Å². The third-order valence-electron chi connectivity index (χ3n) is 3.67. The van der Waals surface area contributed by atoms with E-state index >= 15 is 0 Å². The van der Waals surface area contributed by atoms with E-state index in [9.17, 15) is 9.59 Å². The van der Waals surface area contributed by atoms with Gasteiger partial charge in [0.25, 0.3) is 0 Å². The number of Topliss-reactive ketones (excluding diaryl/α,β-unsaturated/α-hetero) is 2. The van der Waals surface area contributed by atoms with Crippen molar-refractivity contribution < 1.29 is 9.59 Å². The molecule has 0 saturated heterocycles. The first kappa shape index (κ1) is 15.9. The molecule has 3 nitrogen and oxygen atoms in total. The summed E-state index contributed by atoms with van der Waals surface area (Å²) in [5, 5.41) is 0.705. The topological polar surface area (TPSA) is 46.5 Å². The van der Waals surface area contributed by atoms with Gasteiger partial charge in [0, 0.05) is 30.6 Å². The zero-order valence-electron chi connectivity index (χ0n) is 12.4. The molecule has 0 aliphatic heterocycles. The van der Waals surface area contributed by atoms with Gasteiger partial charge in [0.15, 0.2) is 0 Å². The fraction of sp³-hybridized carbons (Fsp3) is 0.471. The number of ketones is 2. The smallest absolute Gasteiger partial charge is 0.149 e. The zero-order chi connectivity index (χ0) is 15.5. The van der Waals surface area contributed by atoms with Gasteiger partial charge in [-0.3, -0.25) is 14.6 Å². The number of carbonyl (C=O) groups is 2. The number of benzene rings is 1. The molecule has 0 spiro atoms. The highest BCUT2D eigenvalue weighted by molar-refractivity contribution is 6.30. The Kier molecular flexibility index (Phi) is 4.94. The highest BCUT2D eigenvalue weighted by Gasteiger charge is 2.38. The van der Waals surface area contributed by atoms with Crippen molar-refractivity contribution in [3.63, 3.8) is 0 Å². The van der Waals surface area contributed by atoms with Gasteiger partial charge in [-0.1, -0.05) is 37.6 Å². The number of hydrogen-bond donors (Lipinski definition) is 0. The van der Waals surface area contributed by atoms with Gasteiger partial charge in [-0.2, -0.15) is 0 Å². The van der Waals surface area contributed by atoms with E-state index in [1.807, 2.05) is 38.1 Å². The van der Waals surface area contributed by atoms with Crippen LogP contribution in [-0.2, 0) is 16.0 Å². The summed E-state index contributed by atoms with van der Waals surface area (Å²) in [7, 11) is 0. The van der Waals surface area contributed by atoms with E-state index in [1.54, 1.807) is 0 Å². The van der Waals surface area contributed by atoms with E-state index in [4.69, 9.17) is 11.6 Å². The minimum Gasteiger partial charge on any atom is -0.298 e. The predicted molar refractivity (Wildman–Crippen MR) is 85.0 cm³/mol. The molecule has 4 heteroatoms. The third kappa shape index (κ3) is 4.50. The number of carbonyl (C=O) groups excluding carboxylic acids is 2. The Bertz CT molecular complexity index is 558. The second kappa shape index (κ2) is 6.52. The molecule has 1 aromatic rings. The van der Waals surface area contributed by atoms with Crippen molar-refractivity contribution in [2.75, 3.05) is 6.54 Å². The maximum absolute atomic E-state index is 12.0. The Morgan fingerprint density at radius 2 is 1.95 bits per heavy atom. The quantitative estimate of drug-likeness (QED) is 0.631. The molecule has 1 aliphatic rings. The van der Waals surface area contributed by atoms with E-state index in [0.717, 1.165) is 12.0 Å². The average Bonchev–Trinajstić information content (AvgIpc) is 2.35. The van der Waals surface area contributed by atoms with Gasteiger partial charge in [-0.05, 0) is 29.5 Å². The summed E-state index contributed by atoms with van der Waals surface area (Å²) >= 11 is 5.92. The third-order valence-corrected chi connectivity index (χ3v) is 3.91. The summed E-state index contributed by atoms with van der Waals surface area (Å²) in [6.07, 6.45) is 3.18. The molecule has 1 aliphatic carbocycles. The van der Waals surface area contributed by atoms with Gasteiger partial charge in [0.2, 0.25) is 0 Å². The standard InChI is InChI=1S/C17H20ClNO2/c1-17(2)9-15(20)14(16(21)10-17)11-19-7-6-12-4-3-5-13(18)8-12/h3-5,8,11,14H,6-7,9-10H2,1-2H3. The maximum Gasteiger partial charge on any atom is 0.149 e. The zero-order valence-corrected chi connectivity index (χ0v) is 13.2. The molecule has 0 amide bonds. The molecule has 2 rings (SSSR count). The Hall–Kier alpha value is -1.48. The Morgan fingerprint density at radius 3 is 2.57 bits per heavy atom. The van der Waals surface area contributed by atoms with E-state index in [0.29, 0.717) is 24.4 Å². The molecule has 0 radical (unpaired) electrons. The number of aliphatic imine (C=N–C) groups is 1. The lowest BCUT2D eigenvalue weighted by molar-refractivity contribution is -0.136. The highest BCUT2D eigenvalue weighted by Crippen LogP contribution is 2.33. The van der Waals surface area contributed by atoms with Crippen LogP contribution in [0.3, 0.4) is 0 Å². The molecule has 0 aromatic heterocycles. The number of hydrogen-bond acceptors (Lipinski definition) is 3. The SMILES string of the molecule is CC1(C)CC(=O)C(C=NCCc2cccc(Cl)c2)C(=O)C1. The van der Waals surface area contributed by atoms with Gasteiger partial charge in [-0.15, -0.1) is 0 Å². The fourth-order valence-corrected chi connectivity index (χ4v) is 2.85. The van der Waals surface area contributed by atoms with E-state index in [2.05, 4.69) is 4.99 Å². The van der Waals surface area contributed by atoms with Gasteiger partial charge >= 0.3 is 0 Å².